The van der Waals surface area contributed by atoms with Crippen LogP contribution in [-0.2, 0) is 26.2 Å². The first-order chi connectivity index (χ1) is 11.3. The van der Waals surface area contributed by atoms with E-state index < -0.39 is 21.8 Å². The van der Waals surface area contributed by atoms with Crippen LogP contribution in [0.3, 0.4) is 0 Å². The fourth-order valence-electron chi connectivity index (χ4n) is 1.97. The standard InChI is InChI=1S/C16H17N3O4S/c1-11-3-2-4-13(9-11)19-16(21)15(20)18-10-12-5-7-14(8-6-12)24(17,22)23/h2-9H,10H2,1H3,(H,18,20)(H,19,21)(H2,17,22,23). The lowest BCUT2D eigenvalue weighted by molar-refractivity contribution is -0.136. The molecule has 0 saturated heterocycles. The molecule has 0 saturated carbocycles. The Kier molecular flexibility index (Phi) is 5.32. The van der Waals surface area contributed by atoms with Crippen molar-refractivity contribution in [3.05, 3.63) is 59.7 Å². The Morgan fingerprint density at radius 2 is 1.71 bits per heavy atom. The zero-order chi connectivity index (χ0) is 17.7. The first-order valence-electron chi connectivity index (χ1n) is 7.03. The van der Waals surface area contributed by atoms with Gasteiger partial charge in [0.2, 0.25) is 10.0 Å². The van der Waals surface area contributed by atoms with Gasteiger partial charge in [0.15, 0.2) is 0 Å². The maximum Gasteiger partial charge on any atom is 0.313 e. The number of hydrogen-bond acceptors (Lipinski definition) is 4. The molecule has 0 bridgehead atoms. The van der Waals surface area contributed by atoms with Gasteiger partial charge in [0.1, 0.15) is 0 Å². The quantitative estimate of drug-likeness (QED) is 0.712. The third kappa shape index (κ3) is 4.90. The molecule has 0 heterocycles. The minimum atomic E-state index is -3.75. The van der Waals surface area contributed by atoms with Gasteiger partial charge in [-0.1, -0.05) is 24.3 Å². The van der Waals surface area contributed by atoms with Gasteiger partial charge in [0.05, 0.1) is 4.90 Å². The van der Waals surface area contributed by atoms with Crippen molar-refractivity contribution in [3.8, 4) is 0 Å². The number of anilines is 1. The van der Waals surface area contributed by atoms with Crippen LogP contribution in [0.4, 0.5) is 5.69 Å². The van der Waals surface area contributed by atoms with E-state index in [-0.39, 0.29) is 11.4 Å². The molecule has 4 N–H and O–H groups in total. The molecule has 0 aliphatic carbocycles. The Morgan fingerprint density at radius 3 is 2.29 bits per heavy atom. The van der Waals surface area contributed by atoms with Crippen LogP contribution in [0.25, 0.3) is 0 Å². The number of hydrogen-bond donors (Lipinski definition) is 3. The van der Waals surface area contributed by atoms with Crippen LogP contribution in [0.2, 0.25) is 0 Å². The number of sulfonamides is 1. The number of aryl methyl sites for hydroxylation is 1. The van der Waals surface area contributed by atoms with E-state index in [1.54, 1.807) is 18.2 Å². The molecule has 0 aromatic heterocycles. The molecular weight excluding hydrogens is 330 g/mol. The minimum absolute atomic E-state index is 0.0187. The second-order valence-corrected chi connectivity index (χ2v) is 6.76. The van der Waals surface area contributed by atoms with Crippen LogP contribution >= 0.6 is 0 Å². The lowest BCUT2D eigenvalue weighted by Gasteiger charge is -2.07. The smallest absolute Gasteiger partial charge is 0.313 e. The van der Waals surface area contributed by atoms with Crippen molar-refractivity contribution in [2.75, 3.05) is 5.32 Å². The van der Waals surface area contributed by atoms with E-state index in [1.165, 1.54) is 24.3 Å². The van der Waals surface area contributed by atoms with E-state index >= 15 is 0 Å². The fraction of sp³-hybridized carbons (Fsp3) is 0.125. The summed E-state index contributed by atoms with van der Waals surface area (Å²) >= 11 is 0. The number of nitrogens with one attached hydrogen (secondary N) is 2. The fourth-order valence-corrected chi connectivity index (χ4v) is 2.49. The van der Waals surface area contributed by atoms with Crippen LogP contribution in [0, 0.1) is 6.92 Å². The van der Waals surface area contributed by atoms with Gasteiger partial charge < -0.3 is 10.6 Å². The molecule has 0 aliphatic rings. The number of rotatable bonds is 4. The van der Waals surface area contributed by atoms with Crippen molar-refractivity contribution in [1.29, 1.82) is 0 Å². The van der Waals surface area contributed by atoms with E-state index in [0.29, 0.717) is 11.3 Å². The summed E-state index contributed by atoms with van der Waals surface area (Å²) in [6, 6.07) is 12.8. The van der Waals surface area contributed by atoms with Crippen molar-refractivity contribution in [3.63, 3.8) is 0 Å². The number of primary sulfonamides is 1. The molecule has 0 aliphatic heterocycles. The van der Waals surface area contributed by atoms with Gasteiger partial charge in [-0.15, -0.1) is 0 Å². The SMILES string of the molecule is Cc1cccc(NC(=O)C(=O)NCc2ccc(S(N)(=O)=O)cc2)c1. The summed E-state index contributed by atoms with van der Waals surface area (Å²) in [7, 11) is -3.75. The van der Waals surface area contributed by atoms with Gasteiger partial charge in [-0.25, -0.2) is 13.6 Å². The maximum absolute atomic E-state index is 11.8. The highest BCUT2D eigenvalue weighted by Crippen LogP contribution is 2.10. The van der Waals surface area contributed by atoms with Crippen LogP contribution in [-0.4, -0.2) is 20.2 Å². The lowest BCUT2D eigenvalue weighted by Crippen LogP contribution is -2.34. The lowest BCUT2D eigenvalue weighted by atomic mass is 10.2. The normalized spacial score (nSPS) is 10.9. The average molecular weight is 347 g/mol. The van der Waals surface area contributed by atoms with Crippen molar-refractivity contribution in [2.45, 2.75) is 18.4 Å². The van der Waals surface area contributed by atoms with E-state index in [9.17, 15) is 18.0 Å². The Labute approximate surface area is 139 Å². The highest BCUT2D eigenvalue weighted by molar-refractivity contribution is 7.89. The molecule has 8 heteroatoms. The molecule has 24 heavy (non-hydrogen) atoms. The first kappa shape index (κ1) is 17.6. The molecule has 2 amide bonds. The molecule has 2 rings (SSSR count). The Morgan fingerprint density at radius 1 is 1.04 bits per heavy atom. The van der Waals surface area contributed by atoms with Crippen molar-refractivity contribution < 1.29 is 18.0 Å². The summed E-state index contributed by atoms with van der Waals surface area (Å²) in [5, 5.41) is 9.96. The molecule has 7 nitrogen and oxygen atoms in total. The van der Waals surface area contributed by atoms with Gasteiger partial charge >= 0.3 is 11.8 Å². The van der Waals surface area contributed by atoms with Gasteiger partial charge in [0.25, 0.3) is 0 Å². The maximum atomic E-state index is 11.8. The monoisotopic (exact) mass is 347 g/mol. The van der Waals surface area contributed by atoms with Crippen LogP contribution in [0.1, 0.15) is 11.1 Å². The average Bonchev–Trinajstić information content (AvgIpc) is 2.52. The Hall–Kier alpha value is -2.71. The van der Waals surface area contributed by atoms with Gasteiger partial charge in [-0.3, -0.25) is 9.59 Å². The molecule has 0 atom stereocenters. The van der Waals surface area contributed by atoms with Crippen LogP contribution < -0.4 is 15.8 Å². The molecule has 0 spiro atoms. The van der Waals surface area contributed by atoms with Gasteiger partial charge in [-0.05, 0) is 42.3 Å². The molecule has 2 aromatic rings. The molecular formula is C16H17N3O4S. The zero-order valence-corrected chi connectivity index (χ0v) is 13.8. The zero-order valence-electron chi connectivity index (χ0n) is 12.9. The predicted octanol–water partition coefficient (Wildman–Crippen LogP) is 0.897. The number of amides is 2. The largest absolute Gasteiger partial charge is 0.344 e. The van der Waals surface area contributed by atoms with Gasteiger partial charge in [0, 0.05) is 12.2 Å². The summed E-state index contributed by atoms with van der Waals surface area (Å²) in [5.41, 5.74) is 2.13. The molecule has 0 radical (unpaired) electrons. The highest BCUT2D eigenvalue weighted by Gasteiger charge is 2.13. The molecule has 0 fully saturated rings. The molecule has 0 unspecified atom stereocenters. The topological polar surface area (TPSA) is 118 Å². The third-order valence-corrected chi connectivity index (χ3v) is 4.12. The van der Waals surface area contributed by atoms with Crippen molar-refractivity contribution in [1.82, 2.24) is 5.32 Å². The van der Waals surface area contributed by atoms with E-state index in [0.717, 1.165) is 5.56 Å². The Bertz CT molecular complexity index is 861. The minimum Gasteiger partial charge on any atom is -0.344 e. The Balaban J connectivity index is 1.91. The second-order valence-electron chi connectivity index (χ2n) is 5.20. The van der Waals surface area contributed by atoms with E-state index in [1.807, 2.05) is 13.0 Å². The van der Waals surface area contributed by atoms with Gasteiger partial charge in [-0.2, -0.15) is 0 Å². The summed E-state index contributed by atoms with van der Waals surface area (Å²) < 4.78 is 22.3. The number of carbonyl (C=O) groups excluding carboxylic acids is 2. The number of carbonyl (C=O) groups is 2. The summed E-state index contributed by atoms with van der Waals surface area (Å²) in [5.74, 6) is -1.56. The summed E-state index contributed by atoms with van der Waals surface area (Å²) in [4.78, 5) is 23.6. The predicted molar refractivity (Wildman–Crippen MR) is 89.5 cm³/mol. The van der Waals surface area contributed by atoms with Crippen LogP contribution in [0.5, 0.6) is 0 Å². The number of nitrogens with two attached hydrogens (primary N) is 1. The molecule has 2 aromatic carbocycles. The summed E-state index contributed by atoms with van der Waals surface area (Å²) in [6.45, 7) is 1.96. The van der Waals surface area contributed by atoms with E-state index in [4.69, 9.17) is 5.14 Å². The molecule has 126 valence electrons. The second kappa shape index (κ2) is 7.24. The van der Waals surface area contributed by atoms with E-state index in [2.05, 4.69) is 10.6 Å². The highest BCUT2D eigenvalue weighted by atomic mass is 32.2. The van der Waals surface area contributed by atoms with Crippen molar-refractivity contribution >= 4 is 27.5 Å². The number of benzene rings is 2. The van der Waals surface area contributed by atoms with Crippen LogP contribution in [0.15, 0.2) is 53.4 Å². The summed E-state index contributed by atoms with van der Waals surface area (Å²) in [6.07, 6.45) is 0. The third-order valence-electron chi connectivity index (χ3n) is 3.19. The van der Waals surface area contributed by atoms with Crippen molar-refractivity contribution in [2.24, 2.45) is 5.14 Å². The first-order valence-corrected chi connectivity index (χ1v) is 8.58.